The highest BCUT2D eigenvalue weighted by molar-refractivity contribution is 5.79. The van der Waals surface area contributed by atoms with E-state index in [0.717, 1.165) is 31.4 Å². The van der Waals surface area contributed by atoms with Crippen molar-refractivity contribution in [2.24, 2.45) is 4.99 Å². The number of nitrogens with zero attached hydrogens (tertiary/aromatic N) is 4. The fourth-order valence-corrected chi connectivity index (χ4v) is 2.83. The van der Waals surface area contributed by atoms with Crippen molar-refractivity contribution in [3.63, 3.8) is 0 Å². The molecule has 0 atom stereocenters. The van der Waals surface area contributed by atoms with Gasteiger partial charge in [-0.15, -0.1) is 0 Å². The maximum absolute atomic E-state index is 4.35. The SMILES string of the molecule is CCN(CCNC(=NC)NCc1ccnc(N(C)C)c1)c1cccc(C)c1. The van der Waals surface area contributed by atoms with E-state index in [2.05, 4.69) is 69.7 Å². The van der Waals surface area contributed by atoms with Crippen LogP contribution < -0.4 is 20.4 Å². The Balaban J connectivity index is 1.84. The summed E-state index contributed by atoms with van der Waals surface area (Å²) >= 11 is 0. The van der Waals surface area contributed by atoms with Crippen molar-refractivity contribution >= 4 is 17.5 Å². The van der Waals surface area contributed by atoms with Crippen LogP contribution in [0.15, 0.2) is 47.6 Å². The topological polar surface area (TPSA) is 55.8 Å². The molecule has 6 heteroatoms. The number of aliphatic imine (C=N–C) groups is 1. The maximum Gasteiger partial charge on any atom is 0.191 e. The molecule has 0 saturated heterocycles. The minimum atomic E-state index is 0.707. The van der Waals surface area contributed by atoms with E-state index in [1.807, 2.05) is 31.3 Å². The van der Waals surface area contributed by atoms with Gasteiger partial charge in [0.2, 0.25) is 0 Å². The third-order valence-electron chi connectivity index (χ3n) is 4.37. The summed E-state index contributed by atoms with van der Waals surface area (Å²) in [6.07, 6.45) is 1.84. The lowest BCUT2D eigenvalue weighted by molar-refractivity contribution is 0.749. The predicted molar refractivity (Wildman–Crippen MR) is 116 cm³/mol. The van der Waals surface area contributed by atoms with Crippen LogP contribution in [0.2, 0.25) is 0 Å². The van der Waals surface area contributed by atoms with Crippen LogP contribution in [0.1, 0.15) is 18.1 Å². The molecule has 146 valence electrons. The van der Waals surface area contributed by atoms with E-state index in [-0.39, 0.29) is 0 Å². The molecule has 1 aromatic carbocycles. The zero-order valence-electron chi connectivity index (χ0n) is 17.2. The number of aryl methyl sites for hydroxylation is 1. The van der Waals surface area contributed by atoms with Gasteiger partial charge < -0.3 is 20.4 Å². The monoisotopic (exact) mass is 368 g/mol. The summed E-state index contributed by atoms with van der Waals surface area (Å²) in [6, 6.07) is 12.7. The van der Waals surface area contributed by atoms with Gasteiger partial charge in [0, 0.05) is 59.2 Å². The first-order valence-corrected chi connectivity index (χ1v) is 9.42. The largest absolute Gasteiger partial charge is 0.370 e. The van der Waals surface area contributed by atoms with Crippen LogP contribution in [-0.4, -0.2) is 51.7 Å². The standard InChI is InChI=1S/C21H32N6/c1-6-27(19-9-7-8-17(2)14-19)13-12-24-21(22-3)25-16-18-10-11-23-20(15-18)26(4)5/h7-11,14-15H,6,12-13,16H2,1-5H3,(H2,22,24,25). The summed E-state index contributed by atoms with van der Waals surface area (Å²) in [6.45, 7) is 7.73. The molecule has 6 nitrogen and oxygen atoms in total. The number of nitrogens with one attached hydrogen (secondary N) is 2. The lowest BCUT2D eigenvalue weighted by Crippen LogP contribution is -2.41. The summed E-state index contributed by atoms with van der Waals surface area (Å²) < 4.78 is 0. The lowest BCUT2D eigenvalue weighted by atomic mass is 10.2. The molecule has 0 aliphatic carbocycles. The van der Waals surface area contributed by atoms with Gasteiger partial charge >= 0.3 is 0 Å². The number of hydrogen-bond donors (Lipinski definition) is 2. The van der Waals surface area contributed by atoms with Crippen LogP contribution in [0.3, 0.4) is 0 Å². The Kier molecular flexibility index (Phi) is 7.92. The molecule has 0 saturated carbocycles. The normalized spacial score (nSPS) is 11.2. The van der Waals surface area contributed by atoms with Crippen LogP contribution >= 0.6 is 0 Å². The second kappa shape index (κ2) is 10.4. The van der Waals surface area contributed by atoms with E-state index in [1.165, 1.54) is 16.8 Å². The van der Waals surface area contributed by atoms with E-state index >= 15 is 0 Å². The van der Waals surface area contributed by atoms with Crippen molar-refractivity contribution in [1.29, 1.82) is 0 Å². The number of rotatable bonds is 8. The molecule has 0 aliphatic heterocycles. The Hall–Kier alpha value is -2.76. The van der Waals surface area contributed by atoms with Gasteiger partial charge in [-0.25, -0.2) is 4.98 Å². The summed E-state index contributed by atoms with van der Waals surface area (Å²) in [7, 11) is 5.78. The predicted octanol–water partition coefficient (Wildman–Crippen LogP) is 2.65. The number of likely N-dealkylation sites (N-methyl/N-ethyl adjacent to an activating group) is 1. The molecule has 0 aliphatic rings. The Morgan fingerprint density at radius 2 is 1.96 bits per heavy atom. The van der Waals surface area contributed by atoms with Gasteiger partial charge in [-0.1, -0.05) is 12.1 Å². The fourth-order valence-electron chi connectivity index (χ4n) is 2.83. The maximum atomic E-state index is 4.35. The van der Waals surface area contributed by atoms with Crippen molar-refractivity contribution in [2.75, 3.05) is 50.6 Å². The van der Waals surface area contributed by atoms with Crippen LogP contribution in [-0.2, 0) is 6.54 Å². The van der Waals surface area contributed by atoms with Crippen molar-refractivity contribution in [3.05, 3.63) is 53.7 Å². The number of guanidine groups is 1. The molecule has 2 aromatic rings. The Morgan fingerprint density at radius 1 is 1.15 bits per heavy atom. The van der Waals surface area contributed by atoms with E-state index < -0.39 is 0 Å². The van der Waals surface area contributed by atoms with Crippen LogP contribution in [0.25, 0.3) is 0 Å². The van der Waals surface area contributed by atoms with E-state index in [4.69, 9.17) is 0 Å². The van der Waals surface area contributed by atoms with Crippen molar-refractivity contribution < 1.29 is 0 Å². The van der Waals surface area contributed by atoms with Crippen LogP contribution in [0.5, 0.6) is 0 Å². The smallest absolute Gasteiger partial charge is 0.191 e. The molecule has 27 heavy (non-hydrogen) atoms. The number of benzene rings is 1. The molecular weight excluding hydrogens is 336 g/mol. The summed E-state index contributed by atoms with van der Waals surface area (Å²) in [5.74, 6) is 1.76. The first kappa shape index (κ1) is 20.6. The Morgan fingerprint density at radius 3 is 2.63 bits per heavy atom. The average Bonchev–Trinajstić information content (AvgIpc) is 2.67. The molecular formula is C21H32N6. The summed E-state index contributed by atoms with van der Waals surface area (Å²) in [4.78, 5) is 13.0. The van der Waals surface area contributed by atoms with E-state index in [9.17, 15) is 0 Å². The number of pyridine rings is 1. The van der Waals surface area contributed by atoms with Gasteiger partial charge in [-0.2, -0.15) is 0 Å². The molecule has 0 unspecified atom stereocenters. The van der Waals surface area contributed by atoms with Crippen LogP contribution in [0, 0.1) is 6.92 Å². The van der Waals surface area contributed by atoms with Crippen LogP contribution in [0.4, 0.5) is 11.5 Å². The number of aromatic nitrogens is 1. The van der Waals surface area contributed by atoms with Crippen molar-refractivity contribution in [3.8, 4) is 0 Å². The molecule has 2 N–H and O–H groups in total. The lowest BCUT2D eigenvalue weighted by Gasteiger charge is -2.24. The third-order valence-corrected chi connectivity index (χ3v) is 4.37. The minimum absolute atomic E-state index is 0.707. The minimum Gasteiger partial charge on any atom is -0.370 e. The summed E-state index contributed by atoms with van der Waals surface area (Å²) in [5, 5.41) is 6.76. The highest BCUT2D eigenvalue weighted by atomic mass is 15.2. The van der Waals surface area contributed by atoms with E-state index in [1.54, 1.807) is 7.05 Å². The highest BCUT2D eigenvalue weighted by Crippen LogP contribution is 2.15. The average molecular weight is 369 g/mol. The Bertz CT molecular complexity index is 741. The zero-order chi connectivity index (χ0) is 19.6. The molecule has 0 amide bonds. The summed E-state index contributed by atoms with van der Waals surface area (Å²) in [5.41, 5.74) is 3.72. The van der Waals surface area contributed by atoms with Crippen molar-refractivity contribution in [2.45, 2.75) is 20.4 Å². The first-order chi connectivity index (χ1) is 13.0. The molecule has 0 bridgehead atoms. The quantitative estimate of drug-likeness (QED) is 0.554. The van der Waals surface area contributed by atoms with Gasteiger partial charge in [-0.3, -0.25) is 4.99 Å². The molecule has 1 heterocycles. The van der Waals surface area contributed by atoms with Gasteiger partial charge in [0.1, 0.15) is 5.82 Å². The van der Waals surface area contributed by atoms with Gasteiger partial charge in [-0.05, 0) is 49.2 Å². The molecule has 0 fully saturated rings. The Labute approximate surface area is 163 Å². The van der Waals surface area contributed by atoms with Gasteiger partial charge in [0.15, 0.2) is 5.96 Å². The second-order valence-electron chi connectivity index (χ2n) is 6.69. The highest BCUT2D eigenvalue weighted by Gasteiger charge is 2.05. The third kappa shape index (κ3) is 6.47. The van der Waals surface area contributed by atoms with Gasteiger partial charge in [0.25, 0.3) is 0 Å². The zero-order valence-corrected chi connectivity index (χ0v) is 17.2. The fraction of sp³-hybridized carbons (Fsp3) is 0.429. The second-order valence-corrected chi connectivity index (χ2v) is 6.69. The number of anilines is 2. The molecule has 1 aromatic heterocycles. The first-order valence-electron chi connectivity index (χ1n) is 9.42. The molecule has 2 rings (SSSR count). The number of hydrogen-bond acceptors (Lipinski definition) is 4. The van der Waals surface area contributed by atoms with Crippen molar-refractivity contribution in [1.82, 2.24) is 15.6 Å². The molecule has 0 spiro atoms. The van der Waals surface area contributed by atoms with E-state index in [0.29, 0.717) is 6.54 Å². The molecule has 0 radical (unpaired) electrons. The van der Waals surface area contributed by atoms with Gasteiger partial charge in [0.05, 0.1) is 0 Å².